The summed E-state index contributed by atoms with van der Waals surface area (Å²) in [6.07, 6.45) is 0.802. The number of para-hydroxylation sites is 1. The van der Waals surface area contributed by atoms with Crippen molar-refractivity contribution >= 4 is 5.91 Å². The summed E-state index contributed by atoms with van der Waals surface area (Å²) in [6.45, 7) is 1.19. The average Bonchev–Trinajstić information content (AvgIpc) is 2.82. The number of amides is 1. The van der Waals surface area contributed by atoms with Crippen LogP contribution in [0.15, 0.2) is 18.2 Å². The lowest BCUT2D eigenvalue weighted by atomic mass is 10.1. The van der Waals surface area contributed by atoms with Crippen molar-refractivity contribution in [3.63, 3.8) is 0 Å². The number of ether oxygens (including phenoxy) is 2. The van der Waals surface area contributed by atoms with Gasteiger partial charge in [0, 0.05) is 6.61 Å². The van der Waals surface area contributed by atoms with Crippen LogP contribution in [-0.2, 0) is 4.74 Å². The van der Waals surface area contributed by atoms with E-state index in [9.17, 15) is 9.90 Å². The van der Waals surface area contributed by atoms with Crippen LogP contribution < -0.4 is 10.1 Å². The molecular formula is C12H15NO4. The van der Waals surface area contributed by atoms with E-state index in [1.165, 1.54) is 7.11 Å². The normalized spacial score (nSPS) is 19.0. The van der Waals surface area contributed by atoms with Crippen LogP contribution in [0.5, 0.6) is 11.5 Å². The highest BCUT2D eigenvalue weighted by atomic mass is 16.5. The second kappa shape index (κ2) is 5.05. The summed E-state index contributed by atoms with van der Waals surface area (Å²) in [5, 5.41) is 12.6. The first-order valence-corrected chi connectivity index (χ1v) is 5.47. The predicted octanol–water partition coefficient (Wildman–Crippen LogP) is 0.919. The second-order valence-electron chi connectivity index (χ2n) is 3.89. The number of rotatable bonds is 3. The van der Waals surface area contributed by atoms with E-state index in [0.29, 0.717) is 19.0 Å². The van der Waals surface area contributed by atoms with Gasteiger partial charge in [0.2, 0.25) is 0 Å². The van der Waals surface area contributed by atoms with Gasteiger partial charge < -0.3 is 19.9 Å². The SMILES string of the molecule is COc1cccc(C(=O)NC2CCOC2)c1O. The summed E-state index contributed by atoms with van der Waals surface area (Å²) in [5.74, 6) is -0.149. The van der Waals surface area contributed by atoms with Gasteiger partial charge in [0.15, 0.2) is 11.5 Å². The number of hydrogen-bond donors (Lipinski definition) is 2. The lowest BCUT2D eigenvalue weighted by Crippen LogP contribution is -2.35. The number of aromatic hydroxyl groups is 1. The second-order valence-corrected chi connectivity index (χ2v) is 3.89. The predicted molar refractivity (Wildman–Crippen MR) is 61.3 cm³/mol. The standard InChI is InChI=1S/C12H15NO4/c1-16-10-4-2-3-9(11(10)14)12(15)13-8-5-6-17-7-8/h2-4,8,14H,5-7H2,1H3,(H,13,15). The molecule has 1 fully saturated rings. The third-order valence-electron chi connectivity index (χ3n) is 2.73. The Balaban J connectivity index is 2.12. The minimum atomic E-state index is -0.308. The molecule has 1 heterocycles. The molecule has 0 aliphatic carbocycles. The van der Waals surface area contributed by atoms with Gasteiger partial charge in [-0.05, 0) is 18.6 Å². The molecule has 0 saturated carbocycles. The maximum absolute atomic E-state index is 11.9. The van der Waals surface area contributed by atoms with Gasteiger partial charge >= 0.3 is 0 Å². The first-order chi connectivity index (χ1) is 8.22. The van der Waals surface area contributed by atoms with E-state index in [1.807, 2.05) is 0 Å². The van der Waals surface area contributed by atoms with Gasteiger partial charge in [-0.3, -0.25) is 4.79 Å². The van der Waals surface area contributed by atoms with Gasteiger partial charge in [0.1, 0.15) is 0 Å². The van der Waals surface area contributed by atoms with Crippen molar-refractivity contribution in [1.29, 1.82) is 0 Å². The molecule has 0 bridgehead atoms. The zero-order valence-electron chi connectivity index (χ0n) is 9.60. The van der Waals surface area contributed by atoms with Crippen LogP contribution in [0.2, 0.25) is 0 Å². The van der Waals surface area contributed by atoms with Crippen molar-refractivity contribution in [1.82, 2.24) is 5.32 Å². The first kappa shape index (κ1) is 11.7. The molecule has 0 aromatic heterocycles. The highest BCUT2D eigenvalue weighted by Gasteiger charge is 2.21. The smallest absolute Gasteiger partial charge is 0.255 e. The van der Waals surface area contributed by atoms with Crippen molar-refractivity contribution in [2.24, 2.45) is 0 Å². The lowest BCUT2D eigenvalue weighted by molar-refractivity contribution is 0.0926. The van der Waals surface area contributed by atoms with Crippen LogP contribution >= 0.6 is 0 Å². The molecule has 2 rings (SSSR count). The molecule has 1 aliphatic rings. The molecule has 0 spiro atoms. The number of methoxy groups -OCH3 is 1. The van der Waals surface area contributed by atoms with Gasteiger partial charge in [0.05, 0.1) is 25.3 Å². The molecule has 1 aliphatic heterocycles. The highest BCUT2D eigenvalue weighted by molar-refractivity contribution is 5.97. The molecule has 1 saturated heterocycles. The lowest BCUT2D eigenvalue weighted by Gasteiger charge is -2.12. The van der Waals surface area contributed by atoms with Gasteiger partial charge in [-0.15, -0.1) is 0 Å². The molecule has 5 heteroatoms. The van der Waals surface area contributed by atoms with Gasteiger partial charge in [0.25, 0.3) is 5.91 Å². The Hall–Kier alpha value is -1.75. The molecule has 1 aromatic carbocycles. The summed E-state index contributed by atoms with van der Waals surface area (Å²) in [5.41, 5.74) is 0.219. The Morgan fingerprint density at radius 1 is 1.59 bits per heavy atom. The topological polar surface area (TPSA) is 67.8 Å². The molecule has 1 aromatic rings. The number of hydrogen-bond acceptors (Lipinski definition) is 4. The van der Waals surface area contributed by atoms with E-state index in [0.717, 1.165) is 6.42 Å². The van der Waals surface area contributed by atoms with Crippen LogP contribution in [0, 0.1) is 0 Å². The largest absolute Gasteiger partial charge is 0.504 e. The molecule has 0 radical (unpaired) electrons. The maximum Gasteiger partial charge on any atom is 0.255 e. The van der Waals surface area contributed by atoms with Crippen molar-refractivity contribution in [2.45, 2.75) is 12.5 Å². The van der Waals surface area contributed by atoms with E-state index in [1.54, 1.807) is 18.2 Å². The number of nitrogens with one attached hydrogen (secondary N) is 1. The van der Waals surface area contributed by atoms with E-state index in [2.05, 4.69) is 5.32 Å². The maximum atomic E-state index is 11.9. The first-order valence-electron chi connectivity index (χ1n) is 5.47. The Morgan fingerprint density at radius 2 is 2.41 bits per heavy atom. The van der Waals surface area contributed by atoms with Gasteiger partial charge in [-0.1, -0.05) is 6.07 Å². The zero-order chi connectivity index (χ0) is 12.3. The number of carbonyl (C=O) groups excluding carboxylic acids is 1. The van der Waals surface area contributed by atoms with Gasteiger partial charge in [-0.2, -0.15) is 0 Å². The Kier molecular flexibility index (Phi) is 3.49. The minimum absolute atomic E-state index is 0.0214. The van der Waals surface area contributed by atoms with Crippen molar-refractivity contribution < 1.29 is 19.4 Å². The molecular weight excluding hydrogens is 222 g/mol. The summed E-state index contributed by atoms with van der Waals surface area (Å²) in [6, 6.07) is 4.85. The summed E-state index contributed by atoms with van der Waals surface area (Å²) < 4.78 is 10.1. The fraction of sp³-hybridized carbons (Fsp3) is 0.417. The Bertz CT molecular complexity index is 413. The van der Waals surface area contributed by atoms with Crippen molar-refractivity contribution in [2.75, 3.05) is 20.3 Å². The molecule has 1 amide bonds. The Morgan fingerprint density at radius 3 is 3.06 bits per heavy atom. The van der Waals surface area contributed by atoms with Crippen molar-refractivity contribution in [3.8, 4) is 11.5 Å². The molecule has 1 atom stereocenters. The summed E-state index contributed by atoms with van der Waals surface area (Å²) in [7, 11) is 1.45. The number of benzene rings is 1. The van der Waals surface area contributed by atoms with Crippen LogP contribution in [0.3, 0.4) is 0 Å². The van der Waals surface area contributed by atoms with E-state index in [4.69, 9.17) is 9.47 Å². The van der Waals surface area contributed by atoms with E-state index < -0.39 is 0 Å². The molecule has 92 valence electrons. The van der Waals surface area contributed by atoms with Crippen LogP contribution in [0.25, 0.3) is 0 Å². The summed E-state index contributed by atoms with van der Waals surface area (Å²) in [4.78, 5) is 11.9. The number of phenols is 1. The third kappa shape index (κ3) is 2.50. The summed E-state index contributed by atoms with van der Waals surface area (Å²) >= 11 is 0. The Labute approximate surface area is 99.3 Å². The fourth-order valence-electron chi connectivity index (χ4n) is 1.78. The minimum Gasteiger partial charge on any atom is -0.504 e. The molecule has 5 nitrogen and oxygen atoms in total. The zero-order valence-corrected chi connectivity index (χ0v) is 9.60. The van der Waals surface area contributed by atoms with Crippen molar-refractivity contribution in [3.05, 3.63) is 23.8 Å². The molecule has 2 N–H and O–H groups in total. The average molecular weight is 237 g/mol. The van der Waals surface area contributed by atoms with E-state index >= 15 is 0 Å². The highest BCUT2D eigenvalue weighted by Crippen LogP contribution is 2.29. The molecule has 17 heavy (non-hydrogen) atoms. The number of phenolic OH excluding ortho intramolecular Hbond substituents is 1. The quantitative estimate of drug-likeness (QED) is 0.820. The fourth-order valence-corrected chi connectivity index (χ4v) is 1.78. The van der Waals surface area contributed by atoms with Crippen LogP contribution in [0.4, 0.5) is 0 Å². The van der Waals surface area contributed by atoms with Gasteiger partial charge in [-0.25, -0.2) is 0 Å². The van der Waals surface area contributed by atoms with Crippen LogP contribution in [0.1, 0.15) is 16.8 Å². The monoisotopic (exact) mass is 237 g/mol. The van der Waals surface area contributed by atoms with E-state index in [-0.39, 0.29) is 23.3 Å². The third-order valence-corrected chi connectivity index (χ3v) is 2.73. The molecule has 1 unspecified atom stereocenters. The van der Waals surface area contributed by atoms with Crippen LogP contribution in [-0.4, -0.2) is 37.4 Å². The number of carbonyl (C=O) groups is 1.